The Labute approximate surface area is 317 Å². The molecule has 0 spiro atoms. The third kappa shape index (κ3) is 10.3. The summed E-state index contributed by atoms with van der Waals surface area (Å²) in [5, 5.41) is 16.5. The number of carbonyl (C=O) groups is 4. The van der Waals surface area contributed by atoms with Crippen molar-refractivity contribution in [3.63, 3.8) is 0 Å². The van der Waals surface area contributed by atoms with Crippen molar-refractivity contribution >= 4 is 69.0 Å². The number of hydrogen-bond acceptors (Lipinski definition) is 12. The van der Waals surface area contributed by atoms with Crippen LogP contribution in [0, 0.1) is 0 Å². The van der Waals surface area contributed by atoms with Crippen LogP contribution in [0.4, 0.5) is 11.9 Å². The van der Waals surface area contributed by atoms with E-state index in [1.54, 1.807) is 44.4 Å². The van der Waals surface area contributed by atoms with E-state index >= 15 is 0 Å². The Morgan fingerprint density at radius 1 is 0.745 bits per heavy atom. The summed E-state index contributed by atoms with van der Waals surface area (Å²) < 4.78 is 8.76. The highest BCUT2D eigenvalue weighted by Crippen LogP contribution is 2.32. The van der Waals surface area contributed by atoms with Crippen LogP contribution in [-0.2, 0) is 22.7 Å². The monoisotopic (exact) mass is 756 g/mol. The predicted octanol–water partition coefficient (Wildman–Crippen LogP) is 3.10. The number of phenolic OH excluding ortho intramolecular Hbond substituents is 1. The molecule has 0 saturated carbocycles. The van der Waals surface area contributed by atoms with E-state index in [1.807, 2.05) is 13.8 Å². The van der Waals surface area contributed by atoms with Crippen LogP contribution in [0.25, 0.3) is 22.1 Å². The lowest BCUT2D eigenvalue weighted by molar-refractivity contribution is -0.111. The first-order valence-electron chi connectivity index (χ1n) is 17.3. The van der Waals surface area contributed by atoms with Gasteiger partial charge >= 0.3 is 0 Å². The zero-order valence-electron chi connectivity index (χ0n) is 31.9. The summed E-state index contributed by atoms with van der Waals surface area (Å²) in [4.78, 5) is 68.1. The number of primary amides is 2. The van der Waals surface area contributed by atoms with E-state index in [2.05, 4.69) is 30.6 Å². The quantitative estimate of drug-likeness (QED) is 0.0687. The fraction of sp³-hybridized carbons (Fsp3) is 0.297. The molecule has 11 N–H and O–H groups in total. The van der Waals surface area contributed by atoms with Crippen LogP contribution >= 0.6 is 0 Å². The number of fused-ring (bicyclic) bond motifs is 2. The molecule has 0 aliphatic rings. The van der Waals surface area contributed by atoms with Crippen molar-refractivity contribution in [1.82, 2.24) is 19.1 Å². The summed E-state index contributed by atoms with van der Waals surface area (Å²) in [5.41, 5.74) is 24.8. The minimum Gasteiger partial charge on any atom is -0.506 e. The van der Waals surface area contributed by atoms with Gasteiger partial charge in [-0.3, -0.25) is 39.8 Å². The second-order valence-electron chi connectivity index (χ2n) is 11.6. The Bertz CT molecular complexity index is 2250. The van der Waals surface area contributed by atoms with Gasteiger partial charge in [0.25, 0.3) is 11.8 Å². The number of hydrogen-bond donors (Lipinski definition) is 7. The molecular weight excluding hydrogens is 708 g/mol. The maximum absolute atomic E-state index is 13.3. The molecule has 55 heavy (non-hydrogen) atoms. The number of aromatic hydroxyl groups is 1. The smallest absolute Gasteiger partial charge is 0.276 e. The number of anilines is 2. The van der Waals surface area contributed by atoms with Crippen LogP contribution in [0.5, 0.6) is 11.5 Å². The molecule has 4 amide bonds. The molecule has 2 aromatic carbocycles. The molecule has 0 saturated heterocycles. The molecule has 0 atom stereocenters. The van der Waals surface area contributed by atoms with E-state index in [0.29, 0.717) is 35.5 Å². The van der Waals surface area contributed by atoms with E-state index in [9.17, 15) is 24.3 Å². The average molecular weight is 757 g/mol. The van der Waals surface area contributed by atoms with Gasteiger partial charge in [-0.2, -0.15) is 0 Å². The molecule has 0 bridgehead atoms. The van der Waals surface area contributed by atoms with E-state index in [-0.39, 0.29) is 70.1 Å². The molecule has 0 aliphatic heterocycles. The lowest BCUT2D eigenvalue weighted by Gasteiger charge is -2.12. The van der Waals surface area contributed by atoms with Crippen molar-refractivity contribution in [3.8, 4) is 11.5 Å². The lowest BCUT2D eigenvalue weighted by atomic mass is 10.1. The Balaban J connectivity index is 0.00000399. The van der Waals surface area contributed by atoms with Crippen molar-refractivity contribution in [2.24, 2.45) is 32.9 Å². The van der Waals surface area contributed by atoms with Gasteiger partial charge in [-0.15, -0.1) is 0 Å². The van der Waals surface area contributed by atoms with Gasteiger partial charge in [-0.25, -0.2) is 9.97 Å². The molecule has 2 heterocycles. The molecule has 0 aliphatic carbocycles. The maximum atomic E-state index is 13.3. The molecule has 0 radical (unpaired) electrons. The minimum absolute atomic E-state index is 0.0160. The normalized spacial score (nSPS) is 12.5. The zero-order chi connectivity index (χ0) is 41.0. The van der Waals surface area contributed by atoms with Crippen LogP contribution in [0.3, 0.4) is 0 Å². The highest BCUT2D eigenvalue weighted by Gasteiger charge is 2.22. The maximum Gasteiger partial charge on any atom is 0.276 e. The zero-order valence-corrected chi connectivity index (χ0v) is 31.9. The third-order valence-corrected chi connectivity index (χ3v) is 7.46. The van der Waals surface area contributed by atoms with Crippen molar-refractivity contribution in [2.45, 2.75) is 54.6 Å². The van der Waals surface area contributed by atoms with Crippen molar-refractivity contribution in [2.75, 3.05) is 30.8 Å². The van der Waals surface area contributed by atoms with E-state index in [4.69, 9.17) is 27.7 Å². The molecule has 0 unspecified atom stereocenters. The van der Waals surface area contributed by atoms with E-state index in [0.717, 1.165) is 0 Å². The number of aliphatic imine (C=N–C) groups is 2. The summed E-state index contributed by atoms with van der Waals surface area (Å²) in [7, 11) is 1.42. The van der Waals surface area contributed by atoms with Gasteiger partial charge in [0.1, 0.15) is 34.0 Å². The van der Waals surface area contributed by atoms with Crippen LogP contribution in [-0.4, -0.2) is 79.5 Å². The SMILES string of the molecule is CC.CCN=C(/C=C(/C)N)C(=O)Nc1nc2cc(C(N)=O)cc(O)c2n1C/C=C/Cn1c(NC(=O)C(/C=C(/C)N)=NCC)nc2cc(C(N)=O)cc(OC)c21. The highest BCUT2D eigenvalue weighted by atomic mass is 16.5. The first-order valence-corrected chi connectivity index (χ1v) is 17.3. The molecule has 2 aromatic heterocycles. The number of carbonyl (C=O) groups excluding carboxylic acids is 4. The van der Waals surface area contributed by atoms with Crippen molar-refractivity contribution in [3.05, 3.63) is 71.1 Å². The number of imidazole rings is 2. The molecule has 4 aromatic rings. The number of amides is 4. The van der Waals surface area contributed by atoms with Gasteiger partial charge in [-0.05, 0) is 64.1 Å². The largest absolute Gasteiger partial charge is 0.506 e. The predicted molar refractivity (Wildman–Crippen MR) is 214 cm³/mol. The number of phenols is 1. The van der Waals surface area contributed by atoms with Gasteiger partial charge in [-0.1, -0.05) is 26.0 Å². The standard InChI is InChI=1S/C35H42N12O6.C2H6/c1-6-40-24(12-18(3)36)32(51)44-34-42-22-14-20(30(38)49)16-26(48)28(22)46(34)10-8-9-11-47-29-23(15-21(31(39)50)17-27(29)53-5)43-35(47)45-33(52)25(41-7-2)13-19(4)37;1-2/h8-9,12-17,48H,6-7,10-11,36-37H2,1-5H3,(H2,38,49)(H2,39,50)(H,42,44,51)(H,43,45,52);1-2H3/b9-8+,18-12-,19-13-,40-24?,41-25?;. The number of nitrogens with two attached hydrogens (primary N) is 4. The fourth-order valence-corrected chi connectivity index (χ4v) is 5.29. The summed E-state index contributed by atoms with van der Waals surface area (Å²) >= 11 is 0. The Hall–Kier alpha value is -6.98. The Morgan fingerprint density at radius 3 is 1.56 bits per heavy atom. The molecular formula is C37H48N12O6. The third-order valence-electron chi connectivity index (χ3n) is 7.46. The number of methoxy groups -OCH3 is 1. The second kappa shape index (κ2) is 19.2. The number of rotatable bonds is 15. The summed E-state index contributed by atoms with van der Waals surface area (Å²) in [6, 6.07) is 5.55. The van der Waals surface area contributed by atoms with Gasteiger partial charge in [0.2, 0.25) is 23.7 Å². The minimum atomic E-state index is -0.778. The van der Waals surface area contributed by atoms with Crippen LogP contribution in [0.2, 0.25) is 0 Å². The van der Waals surface area contributed by atoms with Gasteiger partial charge in [0.05, 0.1) is 18.1 Å². The summed E-state index contributed by atoms with van der Waals surface area (Å²) in [6.07, 6.45) is 6.32. The summed E-state index contributed by atoms with van der Waals surface area (Å²) in [6.45, 7) is 11.6. The summed E-state index contributed by atoms with van der Waals surface area (Å²) in [5.74, 6) is -2.56. The average Bonchev–Trinajstić information content (AvgIpc) is 3.66. The fourth-order valence-electron chi connectivity index (χ4n) is 5.29. The number of nitrogens with zero attached hydrogens (tertiary/aromatic N) is 6. The first kappa shape index (κ1) is 42.4. The van der Waals surface area contributed by atoms with E-state index < -0.39 is 23.6 Å². The lowest BCUT2D eigenvalue weighted by Crippen LogP contribution is -2.24. The van der Waals surface area contributed by atoms with Crippen LogP contribution < -0.4 is 38.3 Å². The Morgan fingerprint density at radius 2 is 1.16 bits per heavy atom. The molecule has 292 valence electrons. The molecule has 4 rings (SSSR count). The van der Waals surface area contributed by atoms with Crippen LogP contribution in [0.1, 0.15) is 62.3 Å². The van der Waals surface area contributed by atoms with Gasteiger partial charge < -0.3 is 41.9 Å². The number of nitrogens with one attached hydrogen (secondary N) is 2. The first-order chi connectivity index (χ1) is 26.2. The van der Waals surface area contributed by atoms with Crippen LogP contribution in [0.15, 0.2) is 69.9 Å². The number of benzene rings is 2. The number of aromatic nitrogens is 4. The highest BCUT2D eigenvalue weighted by molar-refractivity contribution is 6.47. The van der Waals surface area contributed by atoms with E-state index in [1.165, 1.54) is 48.1 Å². The molecule has 0 fully saturated rings. The van der Waals surface area contributed by atoms with Crippen molar-refractivity contribution in [1.29, 1.82) is 0 Å². The topological polar surface area (TPSA) is 286 Å². The Kier molecular flexibility index (Phi) is 14.8. The van der Waals surface area contributed by atoms with Gasteiger partial charge in [0.15, 0.2) is 0 Å². The van der Waals surface area contributed by atoms with Crippen molar-refractivity contribution < 1.29 is 29.0 Å². The number of ether oxygens (including phenoxy) is 1. The number of allylic oxidation sites excluding steroid dienone is 4. The second-order valence-corrected chi connectivity index (χ2v) is 11.6. The molecule has 18 heteroatoms. The molecule has 18 nitrogen and oxygen atoms in total. The van der Waals surface area contributed by atoms with Gasteiger partial charge in [0, 0.05) is 48.7 Å².